The van der Waals surface area contributed by atoms with Gasteiger partial charge in [0.2, 0.25) is 0 Å². The van der Waals surface area contributed by atoms with Gasteiger partial charge in [-0.05, 0) is 49.2 Å². The molecule has 1 amide bonds. The number of aromatic nitrogens is 1. The van der Waals surface area contributed by atoms with Gasteiger partial charge in [-0.1, -0.05) is 5.16 Å². The summed E-state index contributed by atoms with van der Waals surface area (Å²) in [5.74, 6) is 1.33. The molecule has 0 atom stereocenters. The highest BCUT2D eigenvalue weighted by atomic mass is 19.1. The number of ether oxygens (including phenoxy) is 2. The predicted molar refractivity (Wildman–Crippen MR) is 125 cm³/mol. The largest absolute Gasteiger partial charge is 0.496 e. The molecule has 0 radical (unpaired) electrons. The van der Waals surface area contributed by atoms with E-state index < -0.39 is 0 Å². The molecule has 4 aromatic rings. The number of fused-ring (bicyclic) bond motifs is 1. The summed E-state index contributed by atoms with van der Waals surface area (Å²) in [6, 6.07) is 9.52. The Balaban J connectivity index is 1.74. The Kier molecular flexibility index (Phi) is 5.83. The van der Waals surface area contributed by atoms with Crippen molar-refractivity contribution in [3.8, 4) is 28.2 Å². The molecule has 0 unspecified atom stereocenters. The summed E-state index contributed by atoms with van der Waals surface area (Å²) in [7, 11) is 4.79. The third-order valence-electron chi connectivity index (χ3n) is 6.13. The summed E-state index contributed by atoms with van der Waals surface area (Å²) in [5.41, 5.74) is 4.05. The van der Waals surface area contributed by atoms with Gasteiger partial charge in [0.05, 0.1) is 30.5 Å². The quantitative estimate of drug-likeness (QED) is 0.379. The van der Waals surface area contributed by atoms with E-state index in [-0.39, 0.29) is 11.7 Å². The zero-order chi connectivity index (χ0) is 23.8. The van der Waals surface area contributed by atoms with Crippen molar-refractivity contribution in [2.24, 2.45) is 0 Å². The molecule has 0 saturated heterocycles. The molecular formula is C26H25FN2O5. The highest BCUT2D eigenvalue weighted by Gasteiger charge is 2.34. The number of nitrogens with zero attached hydrogens (tertiary/aromatic N) is 1. The number of hydrogen-bond donors (Lipinski definition) is 1. The van der Waals surface area contributed by atoms with Gasteiger partial charge in [0.1, 0.15) is 28.7 Å². The van der Waals surface area contributed by atoms with Gasteiger partial charge in [-0.25, -0.2) is 4.39 Å². The average Bonchev–Trinajstić information content (AvgIpc) is 3.51. The molecule has 7 nitrogen and oxygen atoms in total. The zero-order valence-corrected chi connectivity index (χ0v) is 19.2. The van der Waals surface area contributed by atoms with Gasteiger partial charge in [0, 0.05) is 43.0 Å². The van der Waals surface area contributed by atoms with Crippen molar-refractivity contribution in [2.75, 3.05) is 27.9 Å². The predicted octanol–water partition coefficient (Wildman–Crippen LogP) is 5.33. The van der Waals surface area contributed by atoms with E-state index in [1.807, 2.05) is 6.07 Å². The Hall–Kier alpha value is -3.65. The van der Waals surface area contributed by atoms with Crippen LogP contribution in [0, 0.1) is 5.82 Å². The molecule has 8 heteroatoms. The van der Waals surface area contributed by atoms with Gasteiger partial charge in [0.25, 0.3) is 5.91 Å². The van der Waals surface area contributed by atoms with Gasteiger partial charge in [-0.3, -0.25) is 4.79 Å². The van der Waals surface area contributed by atoms with E-state index in [9.17, 15) is 9.18 Å². The van der Waals surface area contributed by atoms with E-state index >= 15 is 0 Å². The second-order valence-electron chi connectivity index (χ2n) is 8.32. The van der Waals surface area contributed by atoms with Crippen LogP contribution < -0.4 is 10.1 Å². The SMILES string of the molecule is CNC(=O)c1c(-c2ccc(F)cc2)oc2cc(-c3c(C4CC4)noc3CCOC)c(OC)cc12. The highest BCUT2D eigenvalue weighted by Crippen LogP contribution is 2.48. The van der Waals surface area contributed by atoms with Gasteiger partial charge >= 0.3 is 0 Å². The van der Waals surface area contributed by atoms with E-state index in [0.717, 1.165) is 35.4 Å². The van der Waals surface area contributed by atoms with E-state index in [2.05, 4.69) is 10.5 Å². The summed E-state index contributed by atoms with van der Waals surface area (Å²) < 4.78 is 36.5. The fourth-order valence-corrected chi connectivity index (χ4v) is 4.27. The van der Waals surface area contributed by atoms with Gasteiger partial charge in [-0.2, -0.15) is 0 Å². The molecule has 1 saturated carbocycles. The minimum Gasteiger partial charge on any atom is -0.496 e. The van der Waals surface area contributed by atoms with Crippen LogP contribution in [0.15, 0.2) is 45.3 Å². The Labute approximate surface area is 195 Å². The van der Waals surface area contributed by atoms with Crippen molar-refractivity contribution in [1.82, 2.24) is 10.5 Å². The van der Waals surface area contributed by atoms with E-state index in [1.54, 1.807) is 39.5 Å². The Morgan fingerprint density at radius 1 is 1.21 bits per heavy atom. The lowest BCUT2D eigenvalue weighted by molar-refractivity contribution is 0.0964. The van der Waals surface area contributed by atoms with Crippen LogP contribution in [0.4, 0.5) is 4.39 Å². The molecule has 1 aliphatic rings. The van der Waals surface area contributed by atoms with E-state index in [4.69, 9.17) is 18.4 Å². The average molecular weight is 464 g/mol. The van der Waals surface area contributed by atoms with Gasteiger partial charge in [0.15, 0.2) is 0 Å². The lowest BCUT2D eigenvalue weighted by Gasteiger charge is -2.10. The molecule has 2 aromatic heterocycles. The van der Waals surface area contributed by atoms with Crippen molar-refractivity contribution in [3.63, 3.8) is 0 Å². The zero-order valence-electron chi connectivity index (χ0n) is 19.2. The van der Waals surface area contributed by atoms with Crippen LogP contribution in [-0.2, 0) is 11.2 Å². The number of nitrogens with one attached hydrogen (secondary N) is 1. The number of carbonyl (C=O) groups is 1. The summed E-state index contributed by atoms with van der Waals surface area (Å²) in [6.07, 6.45) is 2.68. The first-order valence-corrected chi connectivity index (χ1v) is 11.2. The number of rotatable bonds is 8. The monoisotopic (exact) mass is 464 g/mol. The maximum absolute atomic E-state index is 13.5. The maximum atomic E-state index is 13.5. The van der Waals surface area contributed by atoms with Crippen LogP contribution in [0.5, 0.6) is 5.75 Å². The number of furan rings is 1. The third kappa shape index (κ3) is 3.84. The minimum atomic E-state index is -0.367. The summed E-state index contributed by atoms with van der Waals surface area (Å²) >= 11 is 0. The highest BCUT2D eigenvalue weighted by molar-refractivity contribution is 6.12. The van der Waals surface area contributed by atoms with Crippen LogP contribution in [0.3, 0.4) is 0 Å². The fourth-order valence-electron chi connectivity index (χ4n) is 4.27. The molecule has 0 aliphatic heterocycles. The summed E-state index contributed by atoms with van der Waals surface area (Å²) in [5, 5.41) is 7.64. The van der Waals surface area contributed by atoms with Crippen molar-refractivity contribution in [2.45, 2.75) is 25.2 Å². The molecule has 176 valence electrons. The fraction of sp³-hybridized carbons (Fsp3) is 0.308. The van der Waals surface area contributed by atoms with Crippen LogP contribution in [0.1, 0.15) is 40.6 Å². The van der Waals surface area contributed by atoms with Gasteiger partial charge < -0.3 is 23.7 Å². The Morgan fingerprint density at radius 3 is 2.62 bits per heavy atom. The maximum Gasteiger partial charge on any atom is 0.255 e. The first-order valence-electron chi connectivity index (χ1n) is 11.2. The molecule has 1 N–H and O–H groups in total. The number of benzene rings is 2. The number of methoxy groups -OCH3 is 2. The molecule has 34 heavy (non-hydrogen) atoms. The van der Waals surface area contributed by atoms with Crippen molar-refractivity contribution in [1.29, 1.82) is 0 Å². The van der Waals surface area contributed by atoms with Crippen molar-refractivity contribution in [3.05, 3.63) is 59.2 Å². The summed E-state index contributed by atoms with van der Waals surface area (Å²) in [6.45, 7) is 0.493. The molecular weight excluding hydrogens is 439 g/mol. The third-order valence-corrected chi connectivity index (χ3v) is 6.13. The summed E-state index contributed by atoms with van der Waals surface area (Å²) in [4.78, 5) is 12.9. The van der Waals surface area contributed by atoms with E-state index in [1.165, 1.54) is 12.1 Å². The number of halogens is 1. The Bertz CT molecular complexity index is 1350. The van der Waals surface area contributed by atoms with Gasteiger partial charge in [-0.15, -0.1) is 0 Å². The van der Waals surface area contributed by atoms with Crippen molar-refractivity contribution >= 4 is 16.9 Å². The molecule has 0 bridgehead atoms. The molecule has 1 fully saturated rings. The molecule has 1 aliphatic carbocycles. The normalized spacial score (nSPS) is 13.4. The number of carbonyl (C=O) groups excluding carboxylic acids is 1. The minimum absolute atomic E-state index is 0.308. The number of hydrogen-bond acceptors (Lipinski definition) is 6. The molecule has 0 spiro atoms. The lowest BCUT2D eigenvalue weighted by atomic mass is 9.96. The van der Waals surface area contributed by atoms with Crippen molar-refractivity contribution < 1.29 is 27.6 Å². The lowest BCUT2D eigenvalue weighted by Crippen LogP contribution is -2.18. The Morgan fingerprint density at radius 2 is 1.97 bits per heavy atom. The second kappa shape index (κ2) is 8.95. The molecule has 5 rings (SSSR count). The van der Waals surface area contributed by atoms with Crippen LogP contribution >= 0.6 is 0 Å². The topological polar surface area (TPSA) is 86.7 Å². The van der Waals surface area contributed by atoms with Crippen LogP contribution in [-0.4, -0.2) is 38.9 Å². The first-order chi connectivity index (χ1) is 16.5. The molecule has 2 aromatic carbocycles. The second-order valence-corrected chi connectivity index (χ2v) is 8.32. The van der Waals surface area contributed by atoms with Crippen LogP contribution in [0.2, 0.25) is 0 Å². The standard InChI is InChI=1S/C26H25FN2O5/c1-28-26(30)23-18-12-20(32-3)17(13-21(18)33-25(23)15-6-8-16(27)9-7-15)22-19(10-11-31-2)34-29-24(22)14-4-5-14/h6-9,12-14H,4-5,10-11H2,1-3H3,(H,28,30). The van der Waals surface area contributed by atoms with Crippen LogP contribution in [0.25, 0.3) is 33.4 Å². The first kappa shape index (κ1) is 22.2. The molecule has 2 heterocycles. The van der Waals surface area contributed by atoms with E-state index in [0.29, 0.717) is 52.6 Å². The number of amides is 1. The smallest absolute Gasteiger partial charge is 0.255 e.